The van der Waals surface area contributed by atoms with E-state index in [1.54, 1.807) is 6.07 Å². The summed E-state index contributed by atoms with van der Waals surface area (Å²) in [5.41, 5.74) is 1.77. The average molecular weight is 345 g/mol. The van der Waals surface area contributed by atoms with E-state index in [0.717, 1.165) is 17.3 Å². The van der Waals surface area contributed by atoms with Crippen LogP contribution in [-0.4, -0.2) is 17.0 Å². The van der Waals surface area contributed by atoms with Gasteiger partial charge in [0, 0.05) is 10.0 Å². The van der Waals surface area contributed by atoms with E-state index in [2.05, 4.69) is 22.9 Å². The lowest BCUT2D eigenvalue weighted by molar-refractivity contribution is -0.0979. The number of aryl methyl sites for hydroxylation is 1. The molecule has 0 aliphatic carbocycles. The van der Waals surface area contributed by atoms with Crippen molar-refractivity contribution in [3.8, 4) is 5.75 Å². The lowest BCUT2D eigenvalue weighted by Gasteiger charge is -2.10. The van der Waals surface area contributed by atoms with Gasteiger partial charge in [0.25, 0.3) is 0 Å². The van der Waals surface area contributed by atoms with Crippen LogP contribution >= 0.6 is 15.9 Å². The molecule has 0 aromatic heterocycles. The summed E-state index contributed by atoms with van der Waals surface area (Å²) in [7, 11) is 0. The number of aliphatic hydroxyl groups is 1. The van der Waals surface area contributed by atoms with Crippen LogP contribution < -0.4 is 0 Å². The SMILES string of the molecule is C=O.CCCCCCCCc1ccc(O)c(CO)c1Br. The maximum absolute atomic E-state index is 9.59. The van der Waals surface area contributed by atoms with E-state index in [1.165, 1.54) is 37.7 Å². The highest BCUT2D eigenvalue weighted by atomic mass is 79.9. The number of benzene rings is 1. The Labute approximate surface area is 130 Å². The van der Waals surface area contributed by atoms with E-state index in [4.69, 9.17) is 4.79 Å². The first-order valence-corrected chi connectivity index (χ1v) is 7.89. The number of unbranched alkanes of at least 4 members (excludes halogenated alkanes) is 5. The molecule has 0 unspecified atom stereocenters. The Kier molecular flexibility index (Phi) is 11.4. The summed E-state index contributed by atoms with van der Waals surface area (Å²) in [5.74, 6) is 0.163. The largest absolute Gasteiger partial charge is 0.508 e. The monoisotopic (exact) mass is 344 g/mol. The van der Waals surface area contributed by atoms with Crippen molar-refractivity contribution in [3.05, 3.63) is 27.7 Å². The Morgan fingerprint density at radius 3 is 2.30 bits per heavy atom. The molecule has 0 saturated carbocycles. The number of aliphatic hydroxyl groups excluding tert-OH is 1. The topological polar surface area (TPSA) is 57.5 Å². The van der Waals surface area contributed by atoms with Crippen LogP contribution in [0.25, 0.3) is 0 Å². The van der Waals surface area contributed by atoms with Gasteiger partial charge in [-0.1, -0.05) is 45.1 Å². The number of aromatic hydroxyl groups is 1. The Bertz CT molecular complexity index is 380. The molecule has 0 radical (unpaired) electrons. The summed E-state index contributed by atoms with van der Waals surface area (Å²) in [6, 6.07) is 3.60. The molecule has 1 aromatic carbocycles. The maximum atomic E-state index is 9.59. The summed E-state index contributed by atoms with van der Waals surface area (Å²) >= 11 is 3.47. The predicted octanol–water partition coefficient (Wildman–Crippen LogP) is 4.37. The Balaban J connectivity index is 0.00000172. The Morgan fingerprint density at radius 1 is 1.10 bits per heavy atom. The minimum Gasteiger partial charge on any atom is -0.508 e. The molecular formula is C16H25BrO3. The molecule has 1 aromatic rings. The number of hydrogen-bond donors (Lipinski definition) is 2. The first kappa shape index (κ1) is 19.1. The van der Waals surface area contributed by atoms with Crippen molar-refractivity contribution in [1.82, 2.24) is 0 Å². The third-order valence-electron chi connectivity index (χ3n) is 3.26. The van der Waals surface area contributed by atoms with Crippen molar-refractivity contribution < 1.29 is 15.0 Å². The van der Waals surface area contributed by atoms with E-state index >= 15 is 0 Å². The summed E-state index contributed by atoms with van der Waals surface area (Å²) in [6.45, 7) is 4.10. The zero-order chi connectivity index (χ0) is 15.4. The molecule has 0 saturated heterocycles. The van der Waals surface area contributed by atoms with Gasteiger partial charge in [-0.15, -0.1) is 0 Å². The first-order valence-electron chi connectivity index (χ1n) is 7.09. The van der Waals surface area contributed by atoms with E-state index in [1.807, 2.05) is 12.9 Å². The lowest BCUT2D eigenvalue weighted by atomic mass is 10.0. The predicted molar refractivity (Wildman–Crippen MR) is 85.9 cm³/mol. The van der Waals surface area contributed by atoms with E-state index in [0.29, 0.717) is 5.56 Å². The number of phenols is 1. The van der Waals surface area contributed by atoms with Gasteiger partial charge in [-0.25, -0.2) is 0 Å². The second kappa shape index (κ2) is 11.9. The van der Waals surface area contributed by atoms with Crippen LogP contribution in [0.3, 0.4) is 0 Å². The standard InChI is InChI=1S/C15H23BrO2.CH2O/c1-2-3-4-5-6-7-8-12-9-10-14(18)13(11-17)15(12)16;1-2/h9-10,17-18H,2-8,11H2,1H3;1H2. The second-order valence-electron chi connectivity index (χ2n) is 4.71. The van der Waals surface area contributed by atoms with E-state index in [-0.39, 0.29) is 12.4 Å². The molecule has 0 atom stereocenters. The molecule has 114 valence electrons. The zero-order valence-corrected chi connectivity index (χ0v) is 13.8. The lowest BCUT2D eigenvalue weighted by Crippen LogP contribution is -1.94. The highest BCUT2D eigenvalue weighted by Gasteiger charge is 2.09. The molecule has 2 N–H and O–H groups in total. The Hall–Kier alpha value is -0.870. The third kappa shape index (κ3) is 6.53. The van der Waals surface area contributed by atoms with Crippen LogP contribution in [0.15, 0.2) is 16.6 Å². The van der Waals surface area contributed by atoms with Crippen LogP contribution in [0, 0.1) is 0 Å². The first-order chi connectivity index (χ1) is 9.70. The van der Waals surface area contributed by atoms with E-state index in [9.17, 15) is 10.2 Å². The van der Waals surface area contributed by atoms with Crippen molar-refractivity contribution in [2.75, 3.05) is 0 Å². The van der Waals surface area contributed by atoms with Crippen molar-refractivity contribution in [2.24, 2.45) is 0 Å². The number of carbonyl (C=O) groups is 1. The van der Waals surface area contributed by atoms with Gasteiger partial charge in [0.15, 0.2) is 0 Å². The van der Waals surface area contributed by atoms with Crippen LogP contribution in [0.1, 0.15) is 56.6 Å². The van der Waals surface area contributed by atoms with Gasteiger partial charge in [0.2, 0.25) is 0 Å². The highest BCUT2D eigenvalue weighted by Crippen LogP contribution is 2.30. The fourth-order valence-electron chi connectivity index (χ4n) is 2.10. The molecule has 1 rings (SSSR count). The van der Waals surface area contributed by atoms with Crippen molar-refractivity contribution >= 4 is 22.7 Å². The van der Waals surface area contributed by atoms with Crippen LogP contribution in [0.4, 0.5) is 0 Å². The molecule has 20 heavy (non-hydrogen) atoms. The highest BCUT2D eigenvalue weighted by molar-refractivity contribution is 9.10. The third-order valence-corrected chi connectivity index (χ3v) is 4.24. The number of rotatable bonds is 8. The molecule has 0 fully saturated rings. The fourth-order valence-corrected chi connectivity index (χ4v) is 2.76. The van der Waals surface area contributed by atoms with Crippen molar-refractivity contribution in [3.63, 3.8) is 0 Å². The van der Waals surface area contributed by atoms with Crippen LogP contribution in [0.5, 0.6) is 5.75 Å². The van der Waals surface area contributed by atoms with Gasteiger partial charge in [-0.3, -0.25) is 0 Å². The number of carbonyl (C=O) groups excluding carboxylic acids is 1. The van der Waals surface area contributed by atoms with Gasteiger partial charge >= 0.3 is 0 Å². The number of hydrogen-bond acceptors (Lipinski definition) is 3. The molecule has 0 bridgehead atoms. The van der Waals surface area contributed by atoms with Crippen LogP contribution in [-0.2, 0) is 17.8 Å². The van der Waals surface area contributed by atoms with Gasteiger partial charge in [-0.2, -0.15) is 0 Å². The van der Waals surface area contributed by atoms with Gasteiger partial charge < -0.3 is 15.0 Å². The molecule has 0 spiro atoms. The molecular weight excluding hydrogens is 320 g/mol. The smallest absolute Gasteiger partial charge is 0.122 e. The molecule has 4 heteroatoms. The quantitative estimate of drug-likeness (QED) is 0.688. The normalized spacial score (nSPS) is 9.95. The van der Waals surface area contributed by atoms with Crippen molar-refractivity contribution in [1.29, 1.82) is 0 Å². The summed E-state index contributed by atoms with van der Waals surface area (Å²) in [4.78, 5) is 8.00. The molecule has 0 amide bonds. The van der Waals surface area contributed by atoms with E-state index < -0.39 is 0 Å². The van der Waals surface area contributed by atoms with Gasteiger partial charge in [-0.05, 0) is 40.4 Å². The number of halogens is 1. The second-order valence-corrected chi connectivity index (χ2v) is 5.51. The minimum absolute atomic E-state index is 0.128. The zero-order valence-electron chi connectivity index (χ0n) is 12.2. The molecule has 0 aliphatic heterocycles. The molecule has 0 heterocycles. The minimum atomic E-state index is -0.128. The molecule has 3 nitrogen and oxygen atoms in total. The average Bonchev–Trinajstić information content (AvgIpc) is 2.47. The van der Waals surface area contributed by atoms with Gasteiger partial charge in [0.05, 0.1) is 6.61 Å². The molecule has 0 aliphatic rings. The Morgan fingerprint density at radius 2 is 1.70 bits per heavy atom. The summed E-state index contributed by atoms with van der Waals surface area (Å²) < 4.78 is 0.860. The fraction of sp³-hybridized carbons (Fsp3) is 0.562. The van der Waals surface area contributed by atoms with Crippen molar-refractivity contribution in [2.45, 2.75) is 58.5 Å². The van der Waals surface area contributed by atoms with Gasteiger partial charge in [0.1, 0.15) is 12.5 Å². The van der Waals surface area contributed by atoms with Crippen LogP contribution in [0.2, 0.25) is 0 Å². The summed E-state index contributed by atoms with van der Waals surface area (Å²) in [5, 5.41) is 18.8. The maximum Gasteiger partial charge on any atom is 0.122 e. The summed E-state index contributed by atoms with van der Waals surface area (Å²) in [6.07, 6.45) is 8.66.